The molecular formula is C14H19ClN4O. The first-order valence-electron chi connectivity index (χ1n) is 6.54. The highest BCUT2D eigenvalue weighted by atomic mass is 35.5. The van der Waals surface area contributed by atoms with Gasteiger partial charge in [0.2, 0.25) is 0 Å². The van der Waals surface area contributed by atoms with Crippen LogP contribution in [0.5, 0.6) is 5.75 Å². The van der Waals surface area contributed by atoms with Crippen molar-refractivity contribution in [1.82, 2.24) is 14.8 Å². The molecule has 0 amide bonds. The highest BCUT2D eigenvalue weighted by Crippen LogP contribution is 2.27. The molecule has 5 nitrogen and oxygen atoms in total. The van der Waals surface area contributed by atoms with Crippen LogP contribution in [0.15, 0.2) is 24.5 Å². The lowest BCUT2D eigenvalue weighted by Gasteiger charge is -2.11. The summed E-state index contributed by atoms with van der Waals surface area (Å²) in [5.41, 5.74) is 0.926. The van der Waals surface area contributed by atoms with E-state index in [2.05, 4.69) is 29.2 Å². The van der Waals surface area contributed by atoms with Crippen LogP contribution < -0.4 is 10.1 Å². The van der Waals surface area contributed by atoms with Crippen molar-refractivity contribution < 1.29 is 4.74 Å². The van der Waals surface area contributed by atoms with E-state index < -0.39 is 0 Å². The third-order valence-corrected chi connectivity index (χ3v) is 3.13. The molecule has 0 aliphatic heterocycles. The molecule has 0 bridgehead atoms. The molecule has 1 heterocycles. The lowest BCUT2D eigenvalue weighted by Crippen LogP contribution is -2.13. The maximum Gasteiger partial charge on any atom is 0.146 e. The van der Waals surface area contributed by atoms with Crippen LogP contribution in [0.2, 0.25) is 5.02 Å². The Labute approximate surface area is 123 Å². The second-order valence-corrected chi connectivity index (χ2v) is 5.36. The van der Waals surface area contributed by atoms with E-state index in [4.69, 9.17) is 16.3 Å². The number of hydrogen-bond acceptors (Lipinski definition) is 4. The molecule has 0 aliphatic rings. The summed E-state index contributed by atoms with van der Waals surface area (Å²) in [6, 6.07) is 5.60. The molecule has 0 saturated carbocycles. The van der Waals surface area contributed by atoms with Crippen molar-refractivity contribution in [2.24, 2.45) is 5.92 Å². The second-order valence-electron chi connectivity index (χ2n) is 4.96. The van der Waals surface area contributed by atoms with E-state index in [0.29, 0.717) is 23.2 Å². The summed E-state index contributed by atoms with van der Waals surface area (Å²) in [6.07, 6.45) is 1.58. The first-order chi connectivity index (χ1) is 9.60. The maximum atomic E-state index is 6.09. The molecule has 0 atom stereocenters. The van der Waals surface area contributed by atoms with Crippen LogP contribution >= 0.6 is 11.6 Å². The van der Waals surface area contributed by atoms with E-state index >= 15 is 0 Å². The van der Waals surface area contributed by atoms with Crippen LogP contribution in [0.4, 0.5) is 5.69 Å². The van der Waals surface area contributed by atoms with Crippen LogP contribution in [0.1, 0.15) is 19.7 Å². The SMILES string of the molecule is COc1ccc(NCc2ncnn2CC(C)C)cc1Cl. The highest BCUT2D eigenvalue weighted by molar-refractivity contribution is 6.32. The molecule has 0 fully saturated rings. The molecule has 1 aromatic carbocycles. The molecule has 2 rings (SSSR count). The van der Waals surface area contributed by atoms with Gasteiger partial charge >= 0.3 is 0 Å². The van der Waals surface area contributed by atoms with Crippen LogP contribution in [0.25, 0.3) is 0 Å². The molecule has 0 saturated heterocycles. The van der Waals surface area contributed by atoms with Crippen molar-refractivity contribution in [2.45, 2.75) is 26.9 Å². The zero-order chi connectivity index (χ0) is 14.5. The predicted octanol–water partition coefficient (Wildman–Crippen LogP) is 3.21. The molecule has 0 aliphatic carbocycles. The Balaban J connectivity index is 2.02. The van der Waals surface area contributed by atoms with Gasteiger partial charge in [-0.1, -0.05) is 25.4 Å². The number of halogens is 1. The van der Waals surface area contributed by atoms with Gasteiger partial charge in [0.05, 0.1) is 18.7 Å². The van der Waals surface area contributed by atoms with Crippen molar-refractivity contribution in [1.29, 1.82) is 0 Å². The summed E-state index contributed by atoms with van der Waals surface area (Å²) in [5.74, 6) is 2.11. The van der Waals surface area contributed by atoms with Gasteiger partial charge < -0.3 is 10.1 Å². The lowest BCUT2D eigenvalue weighted by molar-refractivity contribution is 0.415. The van der Waals surface area contributed by atoms with E-state index in [9.17, 15) is 0 Å². The summed E-state index contributed by atoms with van der Waals surface area (Å²) < 4.78 is 7.05. The quantitative estimate of drug-likeness (QED) is 0.889. The van der Waals surface area contributed by atoms with Gasteiger partial charge in [0.15, 0.2) is 0 Å². The van der Waals surface area contributed by atoms with Gasteiger partial charge in [-0.3, -0.25) is 0 Å². The third-order valence-electron chi connectivity index (χ3n) is 2.84. The van der Waals surface area contributed by atoms with Crippen molar-refractivity contribution >= 4 is 17.3 Å². The summed E-state index contributed by atoms with van der Waals surface area (Å²) in [6.45, 7) is 5.78. The molecule has 6 heteroatoms. The molecule has 0 radical (unpaired) electrons. The van der Waals surface area contributed by atoms with E-state index in [1.807, 2.05) is 22.9 Å². The molecule has 2 aromatic rings. The van der Waals surface area contributed by atoms with Crippen molar-refractivity contribution in [2.75, 3.05) is 12.4 Å². The number of nitrogens with one attached hydrogen (secondary N) is 1. The summed E-state index contributed by atoms with van der Waals surface area (Å²) in [5, 5.41) is 8.11. The Kier molecular flexibility index (Phi) is 4.84. The monoisotopic (exact) mass is 294 g/mol. The van der Waals surface area contributed by atoms with E-state index in [1.54, 1.807) is 13.4 Å². The van der Waals surface area contributed by atoms with E-state index in [-0.39, 0.29) is 0 Å². The predicted molar refractivity (Wildman–Crippen MR) is 80.2 cm³/mol. The van der Waals surface area contributed by atoms with Crippen LogP contribution in [-0.2, 0) is 13.1 Å². The van der Waals surface area contributed by atoms with Crippen molar-refractivity contribution in [3.05, 3.63) is 35.4 Å². The second kappa shape index (κ2) is 6.61. The van der Waals surface area contributed by atoms with Crippen LogP contribution in [0, 0.1) is 5.92 Å². The van der Waals surface area contributed by atoms with Crippen LogP contribution in [0.3, 0.4) is 0 Å². The zero-order valence-electron chi connectivity index (χ0n) is 11.9. The first-order valence-corrected chi connectivity index (χ1v) is 6.92. The minimum absolute atomic E-state index is 0.533. The Morgan fingerprint density at radius 2 is 2.20 bits per heavy atom. The standard InChI is InChI=1S/C14H19ClN4O/c1-10(2)8-19-14(17-9-18-19)7-16-11-4-5-13(20-3)12(15)6-11/h4-6,9-10,16H,7-8H2,1-3H3. The van der Waals surface area contributed by atoms with Gasteiger partial charge in [0.25, 0.3) is 0 Å². The van der Waals surface area contributed by atoms with Crippen molar-refractivity contribution in [3.8, 4) is 5.75 Å². The fourth-order valence-corrected chi connectivity index (χ4v) is 2.14. The number of benzene rings is 1. The Morgan fingerprint density at radius 3 is 2.85 bits per heavy atom. The number of hydrogen-bond donors (Lipinski definition) is 1. The summed E-state index contributed by atoms with van der Waals surface area (Å²) in [4.78, 5) is 4.27. The molecule has 0 unspecified atom stereocenters. The number of rotatable bonds is 6. The van der Waals surface area contributed by atoms with Crippen LogP contribution in [-0.4, -0.2) is 21.9 Å². The van der Waals surface area contributed by atoms with Gasteiger partial charge in [-0.15, -0.1) is 0 Å². The molecular weight excluding hydrogens is 276 g/mol. The first kappa shape index (κ1) is 14.7. The zero-order valence-corrected chi connectivity index (χ0v) is 12.7. The third kappa shape index (κ3) is 3.63. The Hall–Kier alpha value is -1.75. The lowest BCUT2D eigenvalue weighted by atomic mass is 10.2. The van der Waals surface area contributed by atoms with Gasteiger partial charge in [-0.25, -0.2) is 9.67 Å². The molecule has 0 spiro atoms. The van der Waals surface area contributed by atoms with Gasteiger partial charge in [0, 0.05) is 12.2 Å². The molecule has 20 heavy (non-hydrogen) atoms. The summed E-state index contributed by atoms with van der Waals surface area (Å²) >= 11 is 6.09. The Bertz CT molecular complexity index is 568. The van der Waals surface area contributed by atoms with E-state index in [1.165, 1.54) is 0 Å². The highest BCUT2D eigenvalue weighted by Gasteiger charge is 2.07. The number of nitrogens with zero attached hydrogens (tertiary/aromatic N) is 3. The average Bonchev–Trinajstić information content (AvgIpc) is 2.83. The molecule has 1 N–H and O–H groups in total. The average molecular weight is 295 g/mol. The smallest absolute Gasteiger partial charge is 0.146 e. The number of anilines is 1. The van der Waals surface area contributed by atoms with E-state index in [0.717, 1.165) is 18.1 Å². The Morgan fingerprint density at radius 1 is 1.40 bits per heavy atom. The minimum Gasteiger partial charge on any atom is -0.495 e. The normalized spacial score (nSPS) is 10.8. The minimum atomic E-state index is 0.533. The largest absolute Gasteiger partial charge is 0.495 e. The van der Waals surface area contributed by atoms with Crippen molar-refractivity contribution in [3.63, 3.8) is 0 Å². The fourth-order valence-electron chi connectivity index (χ4n) is 1.88. The number of aromatic nitrogens is 3. The molecule has 108 valence electrons. The van der Waals surface area contributed by atoms with Gasteiger partial charge in [0.1, 0.15) is 17.9 Å². The molecule has 1 aromatic heterocycles. The maximum absolute atomic E-state index is 6.09. The number of methoxy groups -OCH3 is 1. The topological polar surface area (TPSA) is 52.0 Å². The summed E-state index contributed by atoms with van der Waals surface area (Å²) in [7, 11) is 1.60. The van der Waals surface area contributed by atoms with Gasteiger partial charge in [-0.2, -0.15) is 5.10 Å². The fraction of sp³-hybridized carbons (Fsp3) is 0.429. The van der Waals surface area contributed by atoms with Gasteiger partial charge in [-0.05, 0) is 24.1 Å². The number of ether oxygens (including phenoxy) is 1.